The van der Waals surface area contributed by atoms with Crippen LogP contribution < -0.4 is 9.47 Å². The quantitative estimate of drug-likeness (QED) is 0.124. The Morgan fingerprint density at radius 2 is 0.792 bits per heavy atom. The van der Waals surface area contributed by atoms with Crippen molar-refractivity contribution in [2.45, 2.75) is 78.6 Å². The summed E-state index contributed by atoms with van der Waals surface area (Å²) in [6.45, 7) is 12.2. The van der Waals surface area contributed by atoms with E-state index in [1.807, 2.05) is 81.4 Å². The van der Waals surface area contributed by atoms with E-state index in [0.717, 1.165) is 34.2 Å². The number of aryl methyl sites for hydroxylation is 1. The van der Waals surface area contributed by atoms with Crippen LogP contribution in [0.5, 0.6) is 17.2 Å². The van der Waals surface area contributed by atoms with E-state index in [2.05, 4.69) is 20.8 Å². The van der Waals surface area contributed by atoms with Gasteiger partial charge in [0.25, 0.3) is 0 Å². The van der Waals surface area contributed by atoms with Gasteiger partial charge >= 0.3 is 0 Å². The summed E-state index contributed by atoms with van der Waals surface area (Å²) in [5, 5.41) is 0. The van der Waals surface area contributed by atoms with Gasteiger partial charge in [0.05, 0.1) is 19.6 Å². The molecule has 0 amide bonds. The van der Waals surface area contributed by atoms with E-state index in [0.29, 0.717) is 17.2 Å². The second-order valence-electron chi connectivity index (χ2n) is 14.3. The first kappa shape index (κ1) is 37.6. The molecule has 6 aromatic rings. The van der Waals surface area contributed by atoms with Crippen LogP contribution in [0, 0.1) is 6.92 Å². The zero-order valence-corrected chi connectivity index (χ0v) is 32.5. The minimum atomic E-state index is -3.66. The van der Waals surface area contributed by atoms with E-state index in [1.54, 1.807) is 84.9 Å². The number of sulfone groups is 2. The fraction of sp³-hybridized carbons (Fsp3) is 0.200. The number of ether oxygens (including phenoxy) is 2. The van der Waals surface area contributed by atoms with Gasteiger partial charge < -0.3 is 9.47 Å². The van der Waals surface area contributed by atoms with Gasteiger partial charge in [-0.15, -0.1) is 0 Å². The smallest absolute Gasteiger partial charge is 0.206 e. The Hall–Kier alpha value is -5.18. The van der Waals surface area contributed by atoms with Crippen LogP contribution in [-0.4, -0.2) is 16.8 Å². The monoisotopic (exact) mass is 744 g/mol. The maximum absolute atomic E-state index is 13.3. The third kappa shape index (κ3) is 8.24. The van der Waals surface area contributed by atoms with Crippen molar-refractivity contribution in [1.29, 1.82) is 0 Å². The Balaban J connectivity index is 1.07. The summed E-state index contributed by atoms with van der Waals surface area (Å²) >= 11 is 0. The molecular formula is C45H44O6S2. The molecule has 0 N–H and O–H groups in total. The topological polar surface area (TPSA) is 86.7 Å². The van der Waals surface area contributed by atoms with Gasteiger partial charge in [0, 0.05) is 0 Å². The van der Waals surface area contributed by atoms with Crippen molar-refractivity contribution in [3.63, 3.8) is 0 Å². The molecular weight excluding hydrogens is 701 g/mol. The van der Waals surface area contributed by atoms with Crippen molar-refractivity contribution >= 4 is 19.7 Å². The van der Waals surface area contributed by atoms with Gasteiger partial charge in [-0.2, -0.15) is 0 Å². The van der Waals surface area contributed by atoms with E-state index in [-0.39, 0.29) is 25.0 Å². The molecule has 0 saturated heterocycles. The lowest BCUT2D eigenvalue weighted by Crippen LogP contribution is -2.25. The van der Waals surface area contributed by atoms with Crippen molar-refractivity contribution in [1.82, 2.24) is 0 Å². The second-order valence-corrected chi connectivity index (χ2v) is 18.2. The molecule has 0 spiro atoms. The van der Waals surface area contributed by atoms with Gasteiger partial charge in [-0.05, 0) is 140 Å². The highest BCUT2D eigenvalue weighted by atomic mass is 32.2. The highest BCUT2D eigenvalue weighted by Crippen LogP contribution is 2.33. The SMILES string of the molecule is CCC(C)(C)c1ccc(S(=O)(=O)c2ccc(Oc3ccc(-c4ccc(OC(C)(C)c5ccc(S(=O)(=O)c6ccc(C)cc6)cc5)cc4)cc3)cc2)cc1. The number of hydrogen-bond donors (Lipinski definition) is 0. The average Bonchev–Trinajstić information content (AvgIpc) is 3.16. The number of hydrogen-bond acceptors (Lipinski definition) is 6. The summed E-state index contributed by atoms with van der Waals surface area (Å²) in [6, 6.07) is 42.8. The lowest BCUT2D eigenvalue weighted by atomic mass is 9.82. The zero-order chi connectivity index (χ0) is 38.0. The number of benzene rings is 6. The van der Waals surface area contributed by atoms with E-state index >= 15 is 0 Å². The Labute approximate surface area is 313 Å². The predicted octanol–water partition coefficient (Wildman–Crippen LogP) is 11.1. The molecule has 0 unspecified atom stereocenters. The molecule has 53 heavy (non-hydrogen) atoms. The molecule has 0 aliphatic heterocycles. The van der Waals surface area contributed by atoms with Gasteiger partial charge in [-0.1, -0.05) is 87.0 Å². The average molecular weight is 745 g/mol. The highest BCUT2D eigenvalue weighted by molar-refractivity contribution is 7.91. The summed E-state index contributed by atoms with van der Waals surface area (Å²) < 4.78 is 65.2. The maximum Gasteiger partial charge on any atom is 0.206 e. The highest BCUT2D eigenvalue weighted by Gasteiger charge is 2.25. The van der Waals surface area contributed by atoms with E-state index in [9.17, 15) is 16.8 Å². The lowest BCUT2D eigenvalue weighted by Gasteiger charge is -2.27. The molecule has 8 heteroatoms. The third-order valence-electron chi connectivity index (χ3n) is 9.81. The van der Waals surface area contributed by atoms with Gasteiger partial charge in [-0.25, -0.2) is 16.8 Å². The molecule has 0 bridgehead atoms. The molecule has 0 fully saturated rings. The molecule has 6 rings (SSSR count). The molecule has 6 nitrogen and oxygen atoms in total. The van der Waals surface area contributed by atoms with Crippen LogP contribution in [0.25, 0.3) is 11.1 Å². The van der Waals surface area contributed by atoms with E-state index in [4.69, 9.17) is 9.47 Å². The fourth-order valence-electron chi connectivity index (χ4n) is 5.92. The van der Waals surface area contributed by atoms with Crippen LogP contribution >= 0.6 is 0 Å². The minimum absolute atomic E-state index is 0.0211. The van der Waals surface area contributed by atoms with Gasteiger partial charge in [0.15, 0.2) is 0 Å². The van der Waals surface area contributed by atoms with Crippen molar-refractivity contribution < 1.29 is 26.3 Å². The van der Waals surface area contributed by atoms with Crippen LogP contribution in [0.15, 0.2) is 165 Å². The molecule has 0 radical (unpaired) electrons. The Bertz CT molecular complexity index is 2400. The predicted molar refractivity (Wildman–Crippen MR) is 210 cm³/mol. The zero-order valence-electron chi connectivity index (χ0n) is 30.8. The molecule has 6 aromatic carbocycles. The summed E-state index contributed by atoms with van der Waals surface area (Å²) in [7, 11) is -7.28. The van der Waals surface area contributed by atoms with E-state index in [1.165, 1.54) is 0 Å². The summed E-state index contributed by atoms with van der Waals surface area (Å²) in [4.78, 5) is 0.974. The van der Waals surface area contributed by atoms with Gasteiger partial charge in [0.2, 0.25) is 19.7 Å². The molecule has 0 aromatic heterocycles. The standard InChI is InChI=1S/C45H44O6S2/c1-7-44(3,4)35-14-26-41(27-15-35)53(48,49)43-30-22-38(23-31-43)50-37-18-10-33(11-19-37)34-12-20-39(21-13-34)51-45(5,6)36-16-28-42(29-17-36)52(46,47)40-24-8-32(2)9-25-40/h8-31H,7H2,1-6H3. The normalized spacial score (nSPS) is 12.3. The second kappa shape index (κ2) is 14.7. The van der Waals surface area contributed by atoms with Crippen LogP contribution in [-0.2, 0) is 30.7 Å². The molecule has 0 aliphatic rings. The largest absolute Gasteiger partial charge is 0.483 e. The first-order valence-electron chi connectivity index (χ1n) is 17.5. The molecule has 272 valence electrons. The van der Waals surface area contributed by atoms with E-state index < -0.39 is 25.3 Å². The van der Waals surface area contributed by atoms with Gasteiger partial charge in [-0.3, -0.25) is 0 Å². The maximum atomic E-state index is 13.3. The van der Waals surface area contributed by atoms with Crippen LogP contribution in [0.2, 0.25) is 0 Å². The van der Waals surface area contributed by atoms with Gasteiger partial charge in [0.1, 0.15) is 22.8 Å². The summed E-state index contributed by atoms with van der Waals surface area (Å²) in [6.07, 6.45) is 0.956. The van der Waals surface area contributed by atoms with Crippen molar-refractivity contribution in [3.05, 3.63) is 162 Å². The Kier molecular flexibility index (Phi) is 10.4. The number of rotatable bonds is 12. The van der Waals surface area contributed by atoms with Crippen LogP contribution in [0.4, 0.5) is 0 Å². The van der Waals surface area contributed by atoms with Crippen LogP contribution in [0.1, 0.15) is 57.7 Å². The van der Waals surface area contributed by atoms with Crippen molar-refractivity contribution in [3.8, 4) is 28.4 Å². The lowest BCUT2D eigenvalue weighted by molar-refractivity contribution is 0.109. The molecule has 0 aliphatic carbocycles. The first-order valence-corrected chi connectivity index (χ1v) is 20.5. The summed E-state index contributed by atoms with van der Waals surface area (Å²) in [5.74, 6) is 1.83. The van der Waals surface area contributed by atoms with Crippen LogP contribution in [0.3, 0.4) is 0 Å². The minimum Gasteiger partial charge on any atom is -0.483 e. The Morgan fingerprint density at radius 3 is 1.21 bits per heavy atom. The fourth-order valence-corrected chi connectivity index (χ4v) is 8.44. The van der Waals surface area contributed by atoms with Crippen molar-refractivity contribution in [2.75, 3.05) is 0 Å². The first-order chi connectivity index (χ1) is 25.1. The van der Waals surface area contributed by atoms with Crippen molar-refractivity contribution in [2.24, 2.45) is 0 Å². The third-order valence-corrected chi connectivity index (χ3v) is 13.4. The Morgan fingerprint density at radius 1 is 0.453 bits per heavy atom. The molecule has 0 saturated carbocycles. The molecule has 0 heterocycles. The summed E-state index contributed by atoms with van der Waals surface area (Å²) in [5.41, 5.74) is 4.20. The molecule has 0 atom stereocenters.